The molecule has 0 aliphatic carbocycles. The SMILES string of the molecule is CC1CC(NC(=O)c2ccccc2S(=O)(=O)C(C)C)CCN1. The Hall–Kier alpha value is -1.40. The fourth-order valence-corrected chi connectivity index (χ4v) is 3.93. The van der Waals surface area contributed by atoms with Crippen molar-refractivity contribution in [1.29, 1.82) is 0 Å². The molecule has 5 nitrogen and oxygen atoms in total. The molecule has 0 radical (unpaired) electrons. The number of piperidine rings is 1. The summed E-state index contributed by atoms with van der Waals surface area (Å²) in [5, 5.41) is 5.75. The van der Waals surface area contributed by atoms with Gasteiger partial charge in [-0.25, -0.2) is 8.42 Å². The van der Waals surface area contributed by atoms with E-state index >= 15 is 0 Å². The van der Waals surface area contributed by atoms with E-state index in [1.165, 1.54) is 6.07 Å². The molecule has 1 saturated heterocycles. The highest BCUT2D eigenvalue weighted by atomic mass is 32.2. The summed E-state index contributed by atoms with van der Waals surface area (Å²) in [6.45, 7) is 6.19. The highest BCUT2D eigenvalue weighted by Gasteiger charge is 2.27. The second-order valence-corrected chi connectivity index (χ2v) is 8.61. The van der Waals surface area contributed by atoms with Crippen molar-refractivity contribution in [2.24, 2.45) is 0 Å². The maximum absolute atomic E-state index is 12.5. The molecule has 22 heavy (non-hydrogen) atoms. The maximum Gasteiger partial charge on any atom is 0.252 e. The van der Waals surface area contributed by atoms with E-state index in [1.54, 1.807) is 32.0 Å². The van der Waals surface area contributed by atoms with Gasteiger partial charge in [-0.2, -0.15) is 0 Å². The van der Waals surface area contributed by atoms with Gasteiger partial charge in [0.2, 0.25) is 0 Å². The molecule has 2 atom stereocenters. The number of hydrogen-bond acceptors (Lipinski definition) is 4. The van der Waals surface area contributed by atoms with E-state index in [-0.39, 0.29) is 22.4 Å². The molecule has 0 saturated carbocycles. The topological polar surface area (TPSA) is 75.3 Å². The van der Waals surface area contributed by atoms with Gasteiger partial charge in [0.05, 0.1) is 15.7 Å². The number of sulfone groups is 1. The van der Waals surface area contributed by atoms with Gasteiger partial charge in [-0.05, 0) is 52.3 Å². The third-order valence-electron chi connectivity index (χ3n) is 4.02. The summed E-state index contributed by atoms with van der Waals surface area (Å²) >= 11 is 0. The van der Waals surface area contributed by atoms with Crippen LogP contribution in [-0.4, -0.2) is 38.2 Å². The number of carbonyl (C=O) groups is 1. The van der Waals surface area contributed by atoms with Crippen LogP contribution in [0.5, 0.6) is 0 Å². The molecule has 2 unspecified atom stereocenters. The molecular formula is C16H24N2O3S. The van der Waals surface area contributed by atoms with Gasteiger partial charge in [-0.15, -0.1) is 0 Å². The van der Waals surface area contributed by atoms with Crippen LogP contribution >= 0.6 is 0 Å². The molecule has 6 heteroatoms. The molecule has 0 aromatic heterocycles. The predicted octanol–water partition coefficient (Wildman–Crippen LogP) is 1.74. The maximum atomic E-state index is 12.5. The largest absolute Gasteiger partial charge is 0.349 e. The van der Waals surface area contributed by atoms with Gasteiger partial charge in [-0.3, -0.25) is 4.79 Å². The van der Waals surface area contributed by atoms with E-state index in [0.29, 0.717) is 6.04 Å². The highest BCUT2D eigenvalue weighted by Crippen LogP contribution is 2.21. The van der Waals surface area contributed by atoms with E-state index in [1.807, 2.05) is 0 Å². The average molecular weight is 324 g/mol. The first-order valence-electron chi connectivity index (χ1n) is 7.69. The Balaban J connectivity index is 2.24. The van der Waals surface area contributed by atoms with Crippen LogP contribution in [0.4, 0.5) is 0 Å². The molecule has 122 valence electrons. The second-order valence-electron chi connectivity index (χ2n) is 6.14. The minimum Gasteiger partial charge on any atom is -0.349 e. The number of nitrogens with one attached hydrogen (secondary N) is 2. The molecule has 1 heterocycles. The van der Waals surface area contributed by atoms with Gasteiger partial charge < -0.3 is 10.6 Å². The number of carbonyl (C=O) groups excluding carboxylic acids is 1. The molecular weight excluding hydrogens is 300 g/mol. The van der Waals surface area contributed by atoms with Crippen molar-refractivity contribution in [3.8, 4) is 0 Å². The summed E-state index contributed by atoms with van der Waals surface area (Å²) in [7, 11) is -3.48. The first kappa shape index (κ1) is 17.0. The average Bonchev–Trinajstić information content (AvgIpc) is 2.47. The van der Waals surface area contributed by atoms with Crippen LogP contribution in [0, 0.1) is 0 Å². The monoisotopic (exact) mass is 324 g/mol. The Kier molecular flexibility index (Phi) is 5.24. The molecule has 0 spiro atoms. The van der Waals surface area contributed by atoms with Crippen LogP contribution in [0.2, 0.25) is 0 Å². The van der Waals surface area contributed by atoms with Gasteiger partial charge >= 0.3 is 0 Å². The van der Waals surface area contributed by atoms with Crippen LogP contribution in [0.3, 0.4) is 0 Å². The fraction of sp³-hybridized carbons (Fsp3) is 0.562. The summed E-state index contributed by atoms with van der Waals surface area (Å²) in [5.74, 6) is -0.307. The van der Waals surface area contributed by atoms with Crippen molar-refractivity contribution in [2.45, 2.75) is 55.8 Å². The molecule has 1 aliphatic heterocycles. The quantitative estimate of drug-likeness (QED) is 0.884. The van der Waals surface area contributed by atoms with Crippen LogP contribution in [0.1, 0.15) is 44.0 Å². The van der Waals surface area contributed by atoms with E-state index in [0.717, 1.165) is 19.4 Å². The van der Waals surface area contributed by atoms with E-state index < -0.39 is 15.1 Å². The van der Waals surface area contributed by atoms with Gasteiger partial charge in [-0.1, -0.05) is 12.1 Å². The lowest BCUT2D eigenvalue weighted by Crippen LogP contribution is -2.46. The van der Waals surface area contributed by atoms with Crippen molar-refractivity contribution in [3.63, 3.8) is 0 Å². The zero-order valence-corrected chi connectivity index (χ0v) is 14.1. The standard InChI is InChI=1S/C16H24N2O3S/c1-11(2)22(20,21)15-7-5-4-6-14(15)16(19)18-13-8-9-17-12(3)10-13/h4-7,11-13,17H,8-10H2,1-3H3,(H,18,19). The van der Waals surface area contributed by atoms with Crippen LogP contribution in [-0.2, 0) is 9.84 Å². The molecule has 1 amide bonds. The van der Waals surface area contributed by atoms with Gasteiger partial charge in [0.1, 0.15) is 0 Å². The summed E-state index contributed by atoms with van der Waals surface area (Å²) in [5.41, 5.74) is 0.238. The van der Waals surface area contributed by atoms with Crippen molar-refractivity contribution >= 4 is 15.7 Å². The molecule has 1 fully saturated rings. The lowest BCUT2D eigenvalue weighted by Gasteiger charge is -2.28. The first-order chi connectivity index (χ1) is 10.3. The van der Waals surface area contributed by atoms with Crippen molar-refractivity contribution in [1.82, 2.24) is 10.6 Å². The summed E-state index contributed by atoms with van der Waals surface area (Å²) in [4.78, 5) is 12.6. The minimum absolute atomic E-state index is 0.0820. The Labute approximate surface area is 132 Å². The fourth-order valence-electron chi connectivity index (χ4n) is 2.68. The number of amides is 1. The summed E-state index contributed by atoms with van der Waals surface area (Å²) in [6.07, 6.45) is 1.71. The number of rotatable bonds is 4. The zero-order chi connectivity index (χ0) is 16.3. The highest BCUT2D eigenvalue weighted by molar-refractivity contribution is 7.92. The van der Waals surface area contributed by atoms with Crippen LogP contribution in [0.25, 0.3) is 0 Å². The molecule has 2 N–H and O–H groups in total. The van der Waals surface area contributed by atoms with Crippen LogP contribution in [0.15, 0.2) is 29.2 Å². The molecule has 2 rings (SSSR count). The first-order valence-corrected chi connectivity index (χ1v) is 9.24. The number of hydrogen-bond donors (Lipinski definition) is 2. The van der Waals surface area contributed by atoms with E-state index in [2.05, 4.69) is 17.6 Å². The minimum atomic E-state index is -3.48. The summed E-state index contributed by atoms with van der Waals surface area (Å²) < 4.78 is 24.8. The molecule has 1 aromatic carbocycles. The Morgan fingerprint density at radius 2 is 2.00 bits per heavy atom. The summed E-state index contributed by atoms with van der Waals surface area (Å²) in [6, 6.07) is 6.87. The molecule has 0 bridgehead atoms. The second kappa shape index (κ2) is 6.79. The van der Waals surface area contributed by atoms with E-state index in [4.69, 9.17) is 0 Å². The van der Waals surface area contributed by atoms with Gasteiger partial charge in [0, 0.05) is 12.1 Å². The molecule has 1 aromatic rings. The van der Waals surface area contributed by atoms with E-state index in [9.17, 15) is 13.2 Å². The zero-order valence-electron chi connectivity index (χ0n) is 13.3. The Morgan fingerprint density at radius 3 is 2.64 bits per heavy atom. The van der Waals surface area contributed by atoms with Gasteiger partial charge in [0.25, 0.3) is 5.91 Å². The Bertz CT molecular complexity index is 641. The third kappa shape index (κ3) is 3.67. The van der Waals surface area contributed by atoms with Crippen molar-refractivity contribution in [2.75, 3.05) is 6.54 Å². The Morgan fingerprint density at radius 1 is 1.32 bits per heavy atom. The van der Waals surface area contributed by atoms with Crippen molar-refractivity contribution in [3.05, 3.63) is 29.8 Å². The normalized spacial score (nSPS) is 22.5. The predicted molar refractivity (Wildman–Crippen MR) is 86.7 cm³/mol. The third-order valence-corrected chi connectivity index (χ3v) is 6.23. The smallest absolute Gasteiger partial charge is 0.252 e. The lowest BCUT2D eigenvalue weighted by molar-refractivity contribution is 0.0922. The van der Waals surface area contributed by atoms with Crippen LogP contribution < -0.4 is 10.6 Å². The number of benzene rings is 1. The van der Waals surface area contributed by atoms with Crippen molar-refractivity contribution < 1.29 is 13.2 Å². The lowest BCUT2D eigenvalue weighted by atomic mass is 10.0. The molecule has 1 aliphatic rings. The van der Waals surface area contributed by atoms with Gasteiger partial charge in [0.15, 0.2) is 9.84 Å².